The molecule has 0 aromatic heterocycles. The number of benzene rings is 1. The first-order valence-corrected chi connectivity index (χ1v) is 5.22. The number of ether oxygens (including phenoxy) is 1. The maximum Gasteiger partial charge on any atom is 0.320 e. The molecular weight excluding hydrogens is 206 g/mol. The zero-order chi connectivity index (χ0) is 12.0. The molecule has 0 heterocycles. The van der Waals surface area contributed by atoms with Crippen molar-refractivity contribution in [3.8, 4) is 5.75 Å². The van der Waals surface area contributed by atoms with Crippen molar-refractivity contribution in [2.24, 2.45) is 0 Å². The average Bonchev–Trinajstić information content (AvgIpc) is 2.29. The van der Waals surface area contributed by atoms with Crippen LogP contribution in [0.4, 0.5) is 0 Å². The summed E-state index contributed by atoms with van der Waals surface area (Å²) >= 11 is 0. The lowest BCUT2D eigenvalue weighted by Crippen LogP contribution is -2.34. The second-order valence-corrected chi connectivity index (χ2v) is 3.62. The quantitative estimate of drug-likeness (QED) is 0.763. The number of hydrogen-bond acceptors (Lipinski definition) is 3. The van der Waals surface area contributed by atoms with E-state index in [-0.39, 0.29) is 0 Å². The minimum atomic E-state index is -0.828. The van der Waals surface area contributed by atoms with Gasteiger partial charge in [-0.25, -0.2) is 0 Å². The van der Waals surface area contributed by atoms with Gasteiger partial charge in [-0.3, -0.25) is 4.79 Å². The molecular formula is C12H17NO3. The molecule has 0 amide bonds. The van der Waals surface area contributed by atoms with Crippen LogP contribution >= 0.6 is 0 Å². The Labute approximate surface area is 95.2 Å². The minimum Gasteiger partial charge on any atom is -0.497 e. The molecule has 0 aliphatic carbocycles. The molecule has 4 heteroatoms. The van der Waals surface area contributed by atoms with Crippen molar-refractivity contribution >= 4 is 5.97 Å². The lowest BCUT2D eigenvalue weighted by molar-refractivity contribution is -0.138. The Morgan fingerprint density at radius 2 is 2.31 bits per heavy atom. The first kappa shape index (κ1) is 12.5. The van der Waals surface area contributed by atoms with E-state index in [1.54, 1.807) is 14.0 Å². The van der Waals surface area contributed by atoms with Crippen LogP contribution in [-0.4, -0.2) is 30.8 Å². The van der Waals surface area contributed by atoms with Crippen LogP contribution in [0.3, 0.4) is 0 Å². The van der Waals surface area contributed by atoms with Crippen LogP contribution in [0.2, 0.25) is 0 Å². The van der Waals surface area contributed by atoms with Crippen molar-refractivity contribution in [3.05, 3.63) is 29.8 Å². The van der Waals surface area contributed by atoms with Gasteiger partial charge in [0.15, 0.2) is 0 Å². The Morgan fingerprint density at radius 1 is 1.56 bits per heavy atom. The summed E-state index contributed by atoms with van der Waals surface area (Å²) in [5.41, 5.74) is 1.13. The fourth-order valence-electron chi connectivity index (χ4n) is 1.35. The second-order valence-electron chi connectivity index (χ2n) is 3.62. The Morgan fingerprint density at radius 3 is 2.94 bits per heavy atom. The highest BCUT2D eigenvalue weighted by Crippen LogP contribution is 2.12. The Kier molecular flexibility index (Phi) is 4.79. The summed E-state index contributed by atoms with van der Waals surface area (Å²) in [5, 5.41) is 11.6. The average molecular weight is 223 g/mol. The van der Waals surface area contributed by atoms with Crippen molar-refractivity contribution < 1.29 is 14.6 Å². The summed E-state index contributed by atoms with van der Waals surface area (Å²) in [6.45, 7) is 2.27. The lowest BCUT2D eigenvalue weighted by Gasteiger charge is -2.09. The smallest absolute Gasteiger partial charge is 0.320 e. The van der Waals surface area contributed by atoms with E-state index in [0.29, 0.717) is 6.54 Å². The molecule has 0 saturated carbocycles. The molecule has 0 saturated heterocycles. The van der Waals surface area contributed by atoms with Gasteiger partial charge in [-0.1, -0.05) is 12.1 Å². The molecule has 0 aliphatic rings. The number of carbonyl (C=O) groups is 1. The van der Waals surface area contributed by atoms with E-state index in [0.717, 1.165) is 17.7 Å². The summed E-state index contributed by atoms with van der Waals surface area (Å²) in [7, 11) is 1.63. The number of carboxylic acid groups (broad SMARTS) is 1. The number of carboxylic acids is 1. The molecule has 1 atom stereocenters. The van der Waals surface area contributed by atoms with Crippen molar-refractivity contribution in [3.63, 3.8) is 0 Å². The number of nitrogens with one attached hydrogen (secondary N) is 1. The van der Waals surface area contributed by atoms with Gasteiger partial charge in [0.05, 0.1) is 7.11 Å². The number of hydrogen-bond donors (Lipinski definition) is 2. The van der Waals surface area contributed by atoms with Crippen LogP contribution in [0, 0.1) is 0 Å². The second kappa shape index (κ2) is 6.12. The maximum absolute atomic E-state index is 10.6. The summed E-state index contributed by atoms with van der Waals surface area (Å²) in [6.07, 6.45) is 0.787. The lowest BCUT2D eigenvalue weighted by atomic mass is 10.1. The molecule has 0 radical (unpaired) electrons. The van der Waals surface area contributed by atoms with Gasteiger partial charge in [0.1, 0.15) is 11.8 Å². The number of rotatable bonds is 6. The molecule has 0 spiro atoms. The highest BCUT2D eigenvalue weighted by molar-refractivity contribution is 5.72. The van der Waals surface area contributed by atoms with Gasteiger partial charge in [0.25, 0.3) is 0 Å². The third-order valence-corrected chi connectivity index (χ3v) is 2.37. The Bertz CT molecular complexity index is 352. The van der Waals surface area contributed by atoms with Gasteiger partial charge in [-0.15, -0.1) is 0 Å². The van der Waals surface area contributed by atoms with Crippen molar-refractivity contribution in [1.29, 1.82) is 0 Å². The molecule has 2 N–H and O–H groups in total. The summed E-state index contributed by atoms with van der Waals surface area (Å²) in [4.78, 5) is 10.6. The van der Waals surface area contributed by atoms with E-state index in [9.17, 15) is 4.79 Å². The SMILES string of the molecule is COc1cccc(CCNC(C)C(=O)O)c1. The first-order valence-electron chi connectivity index (χ1n) is 5.22. The summed E-state index contributed by atoms with van der Waals surface area (Å²) in [5.74, 6) is -0.00516. The monoisotopic (exact) mass is 223 g/mol. The van der Waals surface area contributed by atoms with Crippen molar-refractivity contribution in [1.82, 2.24) is 5.32 Å². The van der Waals surface area contributed by atoms with Crippen LogP contribution < -0.4 is 10.1 Å². The first-order chi connectivity index (χ1) is 7.63. The third kappa shape index (κ3) is 3.90. The molecule has 0 aliphatic heterocycles. The molecule has 1 unspecified atom stereocenters. The highest BCUT2D eigenvalue weighted by Gasteiger charge is 2.08. The van der Waals surface area contributed by atoms with Gasteiger partial charge >= 0.3 is 5.97 Å². The van der Waals surface area contributed by atoms with Crippen LogP contribution in [0.15, 0.2) is 24.3 Å². The van der Waals surface area contributed by atoms with Crippen LogP contribution in [0.5, 0.6) is 5.75 Å². The Hall–Kier alpha value is -1.55. The zero-order valence-electron chi connectivity index (χ0n) is 9.56. The molecule has 88 valence electrons. The molecule has 1 aromatic carbocycles. The minimum absolute atomic E-state index is 0.509. The fraction of sp³-hybridized carbons (Fsp3) is 0.417. The third-order valence-electron chi connectivity index (χ3n) is 2.37. The topological polar surface area (TPSA) is 58.6 Å². The summed E-state index contributed by atoms with van der Waals surface area (Å²) < 4.78 is 5.11. The van der Waals surface area contributed by atoms with E-state index in [1.165, 1.54) is 0 Å². The van der Waals surface area contributed by atoms with Crippen LogP contribution in [-0.2, 0) is 11.2 Å². The van der Waals surface area contributed by atoms with Crippen molar-refractivity contribution in [2.75, 3.05) is 13.7 Å². The normalized spacial score (nSPS) is 12.1. The number of aliphatic carboxylic acids is 1. The molecule has 1 rings (SSSR count). The predicted octanol–water partition coefficient (Wildman–Crippen LogP) is 1.30. The standard InChI is InChI=1S/C12H17NO3/c1-9(12(14)15)13-7-6-10-4-3-5-11(8-10)16-2/h3-5,8-9,13H,6-7H2,1-2H3,(H,14,15). The van der Waals surface area contributed by atoms with E-state index in [4.69, 9.17) is 9.84 Å². The van der Waals surface area contributed by atoms with E-state index in [2.05, 4.69) is 5.32 Å². The maximum atomic E-state index is 10.6. The van der Waals surface area contributed by atoms with E-state index < -0.39 is 12.0 Å². The van der Waals surface area contributed by atoms with Gasteiger partial charge in [0, 0.05) is 0 Å². The molecule has 16 heavy (non-hydrogen) atoms. The zero-order valence-corrected chi connectivity index (χ0v) is 9.56. The van der Waals surface area contributed by atoms with Gasteiger partial charge in [0.2, 0.25) is 0 Å². The summed E-state index contributed by atoms with van der Waals surface area (Å²) in [6, 6.07) is 7.25. The molecule has 4 nitrogen and oxygen atoms in total. The van der Waals surface area contributed by atoms with Gasteiger partial charge in [-0.05, 0) is 37.6 Å². The Balaban J connectivity index is 2.39. The largest absolute Gasteiger partial charge is 0.497 e. The van der Waals surface area contributed by atoms with E-state index >= 15 is 0 Å². The van der Waals surface area contributed by atoms with E-state index in [1.807, 2.05) is 24.3 Å². The van der Waals surface area contributed by atoms with Gasteiger partial charge < -0.3 is 15.2 Å². The van der Waals surface area contributed by atoms with Gasteiger partial charge in [-0.2, -0.15) is 0 Å². The molecule has 0 fully saturated rings. The van der Waals surface area contributed by atoms with Crippen LogP contribution in [0.25, 0.3) is 0 Å². The predicted molar refractivity (Wildman–Crippen MR) is 61.8 cm³/mol. The molecule has 1 aromatic rings. The highest BCUT2D eigenvalue weighted by atomic mass is 16.5. The fourth-order valence-corrected chi connectivity index (χ4v) is 1.35. The van der Waals surface area contributed by atoms with Crippen LogP contribution in [0.1, 0.15) is 12.5 Å². The number of methoxy groups -OCH3 is 1. The van der Waals surface area contributed by atoms with Crippen molar-refractivity contribution in [2.45, 2.75) is 19.4 Å². The molecule has 0 bridgehead atoms.